The molecule has 130 valence electrons. The van der Waals surface area contributed by atoms with Gasteiger partial charge in [0.2, 0.25) is 0 Å². The Morgan fingerprint density at radius 3 is 2.84 bits per heavy atom. The van der Waals surface area contributed by atoms with Gasteiger partial charge in [0.05, 0.1) is 26.1 Å². The fourth-order valence-corrected chi connectivity index (χ4v) is 4.04. The summed E-state index contributed by atoms with van der Waals surface area (Å²) in [6.45, 7) is 2.81. The van der Waals surface area contributed by atoms with E-state index in [0.29, 0.717) is 33.2 Å². The molecule has 2 aromatic heterocycles. The monoisotopic (exact) mass is 439 g/mol. The molecule has 5 nitrogen and oxygen atoms in total. The summed E-state index contributed by atoms with van der Waals surface area (Å²) in [5.74, 6) is 0.364. The minimum Gasteiger partial charge on any atom is -0.330 e. The van der Waals surface area contributed by atoms with Gasteiger partial charge in [-0.05, 0) is 52.7 Å². The first kappa shape index (κ1) is 18.1. The van der Waals surface area contributed by atoms with Gasteiger partial charge in [0.15, 0.2) is 0 Å². The van der Waals surface area contributed by atoms with Crippen LogP contribution in [0.25, 0.3) is 10.9 Å². The first-order valence-corrected chi connectivity index (χ1v) is 9.69. The summed E-state index contributed by atoms with van der Waals surface area (Å²) in [6.07, 6.45) is 0.807. The lowest BCUT2D eigenvalue weighted by atomic mass is 10.2. The summed E-state index contributed by atoms with van der Waals surface area (Å²) in [4.78, 5) is 34.5. The number of aromatic nitrogens is 2. The standard InChI is InChI=1S/C17H15BrClN3O2S/c1-2-7-22(17(24)13-5-6-14(18)25-13)9-15-20-12-8-10(19)3-4-11(12)16(23)21-15/h3-6,8H,2,7,9H2,1H3,(H,20,21,23). The number of fused-ring (bicyclic) bond motifs is 1. The highest BCUT2D eigenvalue weighted by molar-refractivity contribution is 9.11. The topological polar surface area (TPSA) is 66.1 Å². The van der Waals surface area contributed by atoms with Crippen LogP contribution in [0.1, 0.15) is 28.8 Å². The molecule has 0 unspecified atom stereocenters. The molecule has 3 rings (SSSR count). The molecule has 3 aromatic rings. The third-order valence-electron chi connectivity index (χ3n) is 3.62. The second-order valence-electron chi connectivity index (χ2n) is 5.50. The predicted molar refractivity (Wildman–Crippen MR) is 104 cm³/mol. The average molecular weight is 441 g/mol. The Morgan fingerprint density at radius 2 is 2.16 bits per heavy atom. The van der Waals surface area contributed by atoms with Crippen molar-refractivity contribution in [2.45, 2.75) is 19.9 Å². The second kappa shape index (κ2) is 7.68. The van der Waals surface area contributed by atoms with E-state index < -0.39 is 0 Å². The molecule has 0 saturated carbocycles. The largest absolute Gasteiger partial charge is 0.330 e. The number of hydrogen-bond donors (Lipinski definition) is 1. The number of benzene rings is 1. The number of carbonyl (C=O) groups excluding carboxylic acids is 1. The van der Waals surface area contributed by atoms with E-state index in [2.05, 4.69) is 25.9 Å². The van der Waals surface area contributed by atoms with Gasteiger partial charge < -0.3 is 9.88 Å². The van der Waals surface area contributed by atoms with Crippen LogP contribution in [0.2, 0.25) is 5.02 Å². The molecular formula is C17H15BrClN3O2S. The molecule has 2 heterocycles. The van der Waals surface area contributed by atoms with Crippen molar-refractivity contribution in [3.63, 3.8) is 0 Å². The first-order chi connectivity index (χ1) is 12.0. The van der Waals surface area contributed by atoms with Crippen molar-refractivity contribution in [1.29, 1.82) is 0 Å². The fraction of sp³-hybridized carbons (Fsp3) is 0.235. The van der Waals surface area contributed by atoms with Crippen molar-refractivity contribution in [2.24, 2.45) is 0 Å². The van der Waals surface area contributed by atoms with Gasteiger partial charge in [0.1, 0.15) is 5.82 Å². The third kappa shape index (κ3) is 4.11. The Bertz CT molecular complexity index is 985. The van der Waals surface area contributed by atoms with E-state index in [9.17, 15) is 9.59 Å². The Kier molecular flexibility index (Phi) is 5.56. The number of H-pyrrole nitrogens is 1. The summed E-state index contributed by atoms with van der Waals surface area (Å²) in [5.41, 5.74) is 0.286. The van der Waals surface area contributed by atoms with E-state index in [-0.39, 0.29) is 18.0 Å². The summed E-state index contributed by atoms with van der Waals surface area (Å²) < 4.78 is 0.902. The van der Waals surface area contributed by atoms with Gasteiger partial charge in [-0.25, -0.2) is 4.98 Å². The van der Waals surface area contributed by atoms with E-state index in [0.717, 1.165) is 10.2 Å². The lowest BCUT2D eigenvalue weighted by Gasteiger charge is -2.21. The maximum Gasteiger partial charge on any atom is 0.264 e. The summed E-state index contributed by atoms with van der Waals surface area (Å²) in [7, 11) is 0. The molecule has 0 radical (unpaired) electrons. The maximum atomic E-state index is 12.7. The van der Waals surface area contributed by atoms with Crippen LogP contribution >= 0.6 is 38.9 Å². The van der Waals surface area contributed by atoms with E-state index in [1.807, 2.05) is 13.0 Å². The number of halogens is 2. The number of hydrogen-bond acceptors (Lipinski definition) is 4. The number of amides is 1. The number of thiophene rings is 1. The molecule has 0 fully saturated rings. The van der Waals surface area contributed by atoms with Crippen molar-refractivity contribution in [3.8, 4) is 0 Å². The van der Waals surface area contributed by atoms with Crippen LogP contribution < -0.4 is 5.56 Å². The van der Waals surface area contributed by atoms with E-state index >= 15 is 0 Å². The van der Waals surface area contributed by atoms with Crippen molar-refractivity contribution in [1.82, 2.24) is 14.9 Å². The molecule has 8 heteroatoms. The zero-order valence-corrected chi connectivity index (χ0v) is 16.5. The van der Waals surface area contributed by atoms with Crippen LogP contribution in [0, 0.1) is 0 Å². The number of nitrogens with one attached hydrogen (secondary N) is 1. The molecule has 1 amide bonds. The molecule has 0 aliphatic heterocycles. The Morgan fingerprint density at radius 1 is 1.36 bits per heavy atom. The Balaban J connectivity index is 1.93. The average Bonchev–Trinajstić information content (AvgIpc) is 3.00. The number of rotatable bonds is 5. The number of nitrogens with zero attached hydrogens (tertiary/aromatic N) is 2. The second-order valence-corrected chi connectivity index (χ2v) is 8.40. The van der Waals surface area contributed by atoms with Crippen LogP contribution in [0.4, 0.5) is 0 Å². The minimum atomic E-state index is -0.237. The third-order valence-corrected chi connectivity index (χ3v) is 5.47. The van der Waals surface area contributed by atoms with Crippen LogP contribution in [-0.4, -0.2) is 27.3 Å². The van der Waals surface area contributed by atoms with Gasteiger partial charge in [-0.1, -0.05) is 18.5 Å². The molecule has 0 saturated heterocycles. The highest BCUT2D eigenvalue weighted by Gasteiger charge is 2.18. The molecule has 0 atom stereocenters. The highest BCUT2D eigenvalue weighted by atomic mass is 79.9. The smallest absolute Gasteiger partial charge is 0.264 e. The molecule has 1 aromatic carbocycles. The van der Waals surface area contributed by atoms with Crippen molar-refractivity contribution < 1.29 is 4.79 Å². The van der Waals surface area contributed by atoms with Gasteiger partial charge in [0.25, 0.3) is 11.5 Å². The first-order valence-electron chi connectivity index (χ1n) is 7.71. The van der Waals surface area contributed by atoms with Crippen LogP contribution in [-0.2, 0) is 6.54 Å². The predicted octanol–water partition coefficient (Wildman–Crippen LogP) is 4.45. The minimum absolute atomic E-state index is 0.0774. The maximum absolute atomic E-state index is 12.7. The van der Waals surface area contributed by atoms with Gasteiger partial charge in [-0.15, -0.1) is 11.3 Å². The molecule has 0 bridgehead atoms. The van der Waals surface area contributed by atoms with E-state index in [4.69, 9.17) is 11.6 Å². The molecule has 0 aliphatic carbocycles. The fourth-order valence-electron chi connectivity index (χ4n) is 2.52. The Labute approximate surface area is 161 Å². The van der Waals surface area contributed by atoms with E-state index in [1.165, 1.54) is 11.3 Å². The lowest BCUT2D eigenvalue weighted by molar-refractivity contribution is 0.0744. The summed E-state index contributed by atoms with van der Waals surface area (Å²) in [5, 5.41) is 0.991. The van der Waals surface area contributed by atoms with Crippen molar-refractivity contribution in [2.75, 3.05) is 6.54 Å². The van der Waals surface area contributed by atoms with Gasteiger partial charge >= 0.3 is 0 Å². The van der Waals surface area contributed by atoms with E-state index in [1.54, 1.807) is 29.2 Å². The SMILES string of the molecule is CCCN(Cc1nc2cc(Cl)ccc2c(=O)[nH]1)C(=O)c1ccc(Br)s1. The molecular weight excluding hydrogens is 426 g/mol. The zero-order valence-electron chi connectivity index (χ0n) is 13.4. The summed E-state index contributed by atoms with van der Waals surface area (Å²) >= 11 is 10.7. The zero-order chi connectivity index (χ0) is 18.0. The molecule has 25 heavy (non-hydrogen) atoms. The lowest BCUT2D eigenvalue weighted by Crippen LogP contribution is -2.32. The van der Waals surface area contributed by atoms with Crippen molar-refractivity contribution in [3.05, 3.63) is 60.2 Å². The van der Waals surface area contributed by atoms with Crippen molar-refractivity contribution >= 4 is 55.7 Å². The quantitative estimate of drug-likeness (QED) is 0.637. The highest BCUT2D eigenvalue weighted by Crippen LogP contribution is 2.24. The van der Waals surface area contributed by atoms with Crippen LogP contribution in [0.5, 0.6) is 0 Å². The van der Waals surface area contributed by atoms with Gasteiger partial charge in [-0.2, -0.15) is 0 Å². The van der Waals surface area contributed by atoms with Gasteiger partial charge in [0, 0.05) is 11.6 Å². The van der Waals surface area contributed by atoms with Crippen LogP contribution in [0.15, 0.2) is 38.9 Å². The number of aromatic amines is 1. The summed E-state index contributed by atoms with van der Waals surface area (Å²) in [6, 6.07) is 8.59. The molecule has 0 aliphatic rings. The number of carbonyl (C=O) groups is 1. The Hall–Kier alpha value is -1.70. The molecule has 1 N–H and O–H groups in total. The normalized spacial score (nSPS) is 11.0. The van der Waals surface area contributed by atoms with Crippen LogP contribution in [0.3, 0.4) is 0 Å². The molecule has 0 spiro atoms. The van der Waals surface area contributed by atoms with Gasteiger partial charge in [-0.3, -0.25) is 9.59 Å².